The van der Waals surface area contributed by atoms with Crippen LogP contribution in [0.2, 0.25) is 0 Å². The van der Waals surface area contributed by atoms with Gasteiger partial charge in [0.1, 0.15) is 5.60 Å². The summed E-state index contributed by atoms with van der Waals surface area (Å²) in [6.45, 7) is 10.1. The molecular formula is C17H32N2O3. The van der Waals surface area contributed by atoms with Gasteiger partial charge in [-0.3, -0.25) is 0 Å². The van der Waals surface area contributed by atoms with Gasteiger partial charge in [-0.15, -0.1) is 0 Å². The molecule has 0 heterocycles. The van der Waals surface area contributed by atoms with Crippen LogP contribution in [0.1, 0.15) is 59.8 Å². The van der Waals surface area contributed by atoms with E-state index >= 15 is 0 Å². The molecule has 0 radical (unpaired) electrons. The van der Waals surface area contributed by atoms with Crippen molar-refractivity contribution < 1.29 is 14.3 Å². The average molecular weight is 312 g/mol. The Balaban J connectivity index is 1.57. The molecule has 2 rings (SSSR count). The van der Waals surface area contributed by atoms with Gasteiger partial charge >= 0.3 is 6.09 Å². The van der Waals surface area contributed by atoms with Gasteiger partial charge in [0.2, 0.25) is 0 Å². The van der Waals surface area contributed by atoms with Crippen LogP contribution in [0.15, 0.2) is 0 Å². The Bertz CT molecular complexity index is 375. The fourth-order valence-corrected chi connectivity index (χ4v) is 3.59. The second-order valence-electron chi connectivity index (χ2n) is 7.56. The SMILES string of the molecule is CCOC1CC(NCCCNC(=O)OC(C)(C)C)C12CCC2. The Hall–Kier alpha value is -0.810. The predicted octanol–water partition coefficient (Wildman–Crippen LogP) is 2.84. The molecule has 2 N–H and O–H groups in total. The topological polar surface area (TPSA) is 59.6 Å². The van der Waals surface area contributed by atoms with E-state index in [9.17, 15) is 4.79 Å². The normalized spacial score (nSPS) is 26.2. The molecule has 0 aliphatic heterocycles. The lowest BCUT2D eigenvalue weighted by molar-refractivity contribution is -0.172. The zero-order valence-corrected chi connectivity index (χ0v) is 14.5. The molecular weight excluding hydrogens is 280 g/mol. The summed E-state index contributed by atoms with van der Waals surface area (Å²) in [5.41, 5.74) is -0.0201. The van der Waals surface area contributed by atoms with Gasteiger partial charge in [0.15, 0.2) is 0 Å². The number of hydrogen-bond acceptors (Lipinski definition) is 4. The second kappa shape index (κ2) is 7.18. The van der Waals surface area contributed by atoms with Crippen molar-refractivity contribution in [3.63, 3.8) is 0 Å². The zero-order chi connectivity index (χ0) is 16.2. The highest BCUT2D eigenvalue weighted by Gasteiger charge is 2.58. The van der Waals surface area contributed by atoms with Crippen LogP contribution in [0.4, 0.5) is 4.79 Å². The molecule has 2 aliphatic carbocycles. The molecule has 2 aliphatic rings. The standard InChI is InChI=1S/C17H32N2O3/c1-5-21-14-12-13(17(14)8-6-9-17)18-10-7-11-19-15(20)22-16(2,3)4/h13-14,18H,5-12H2,1-4H3,(H,19,20). The van der Waals surface area contributed by atoms with Crippen LogP contribution < -0.4 is 10.6 Å². The summed E-state index contributed by atoms with van der Waals surface area (Å²) in [6, 6.07) is 0.597. The Kier molecular flexibility index (Phi) is 5.72. The summed E-state index contributed by atoms with van der Waals surface area (Å²) in [5.74, 6) is 0. The minimum absolute atomic E-state index is 0.331. The molecule has 5 nitrogen and oxygen atoms in total. The predicted molar refractivity (Wildman–Crippen MR) is 87.0 cm³/mol. The van der Waals surface area contributed by atoms with Gasteiger partial charge in [-0.1, -0.05) is 6.42 Å². The molecule has 2 saturated carbocycles. The maximum absolute atomic E-state index is 11.5. The lowest BCUT2D eigenvalue weighted by Gasteiger charge is -2.61. The van der Waals surface area contributed by atoms with Crippen molar-refractivity contribution in [1.82, 2.24) is 10.6 Å². The fraction of sp³-hybridized carbons (Fsp3) is 0.941. The van der Waals surface area contributed by atoms with E-state index in [1.54, 1.807) is 0 Å². The summed E-state index contributed by atoms with van der Waals surface area (Å²) in [4.78, 5) is 11.5. The van der Waals surface area contributed by atoms with Gasteiger partial charge < -0.3 is 20.1 Å². The third-order valence-electron chi connectivity index (χ3n) is 4.85. The maximum atomic E-state index is 11.5. The van der Waals surface area contributed by atoms with Crippen LogP contribution in [0.5, 0.6) is 0 Å². The molecule has 5 heteroatoms. The highest BCUT2D eigenvalue weighted by Crippen LogP contribution is 2.57. The molecule has 0 saturated heterocycles. The minimum Gasteiger partial charge on any atom is -0.444 e. The molecule has 22 heavy (non-hydrogen) atoms. The van der Waals surface area contributed by atoms with Gasteiger partial charge in [-0.2, -0.15) is 0 Å². The smallest absolute Gasteiger partial charge is 0.407 e. The second-order valence-corrected chi connectivity index (χ2v) is 7.56. The first-order valence-electron chi connectivity index (χ1n) is 8.69. The highest BCUT2D eigenvalue weighted by molar-refractivity contribution is 5.67. The van der Waals surface area contributed by atoms with Crippen molar-refractivity contribution in [3.05, 3.63) is 0 Å². The number of rotatable bonds is 7. The first-order chi connectivity index (χ1) is 10.4. The molecule has 2 fully saturated rings. The molecule has 2 unspecified atom stereocenters. The third-order valence-corrected chi connectivity index (χ3v) is 4.85. The van der Waals surface area contributed by atoms with E-state index in [0.717, 1.165) is 26.0 Å². The molecule has 128 valence electrons. The number of hydrogen-bond donors (Lipinski definition) is 2. The first kappa shape index (κ1) is 17.5. The van der Waals surface area contributed by atoms with E-state index in [2.05, 4.69) is 17.6 Å². The Morgan fingerprint density at radius 2 is 2.00 bits per heavy atom. The van der Waals surface area contributed by atoms with E-state index in [1.165, 1.54) is 19.3 Å². The number of carbonyl (C=O) groups is 1. The summed E-state index contributed by atoms with van der Waals surface area (Å²) >= 11 is 0. The minimum atomic E-state index is -0.431. The number of ether oxygens (including phenoxy) is 2. The van der Waals surface area contributed by atoms with Crippen LogP contribution in [-0.4, -0.2) is 43.5 Å². The number of carbonyl (C=O) groups excluding carboxylic acids is 1. The first-order valence-corrected chi connectivity index (χ1v) is 8.69. The lowest BCUT2D eigenvalue weighted by Crippen LogP contribution is -2.67. The summed E-state index contributed by atoms with van der Waals surface area (Å²) < 4.78 is 11.1. The Morgan fingerprint density at radius 1 is 1.27 bits per heavy atom. The van der Waals surface area contributed by atoms with Gasteiger partial charge in [-0.25, -0.2) is 4.79 Å². The van der Waals surface area contributed by atoms with Crippen LogP contribution in [0.3, 0.4) is 0 Å². The van der Waals surface area contributed by atoms with Crippen molar-refractivity contribution in [2.24, 2.45) is 5.41 Å². The highest BCUT2D eigenvalue weighted by atomic mass is 16.6. The monoisotopic (exact) mass is 312 g/mol. The fourth-order valence-electron chi connectivity index (χ4n) is 3.59. The van der Waals surface area contributed by atoms with E-state index in [1.807, 2.05) is 20.8 Å². The van der Waals surface area contributed by atoms with Crippen molar-refractivity contribution >= 4 is 6.09 Å². The van der Waals surface area contributed by atoms with Crippen LogP contribution in [0.25, 0.3) is 0 Å². The molecule has 2 atom stereocenters. The average Bonchev–Trinajstić information content (AvgIpc) is 2.31. The van der Waals surface area contributed by atoms with E-state index in [4.69, 9.17) is 9.47 Å². The van der Waals surface area contributed by atoms with Gasteiger partial charge in [0.05, 0.1) is 6.10 Å². The molecule has 0 aromatic carbocycles. The van der Waals surface area contributed by atoms with Gasteiger partial charge in [0.25, 0.3) is 0 Å². The van der Waals surface area contributed by atoms with Gasteiger partial charge in [-0.05, 0) is 59.9 Å². The molecule has 0 aromatic heterocycles. The van der Waals surface area contributed by atoms with E-state index in [0.29, 0.717) is 24.1 Å². The lowest BCUT2D eigenvalue weighted by atomic mass is 9.51. The molecule has 0 bridgehead atoms. The van der Waals surface area contributed by atoms with Crippen LogP contribution >= 0.6 is 0 Å². The molecule has 1 amide bonds. The quantitative estimate of drug-likeness (QED) is 0.710. The van der Waals surface area contributed by atoms with Crippen molar-refractivity contribution in [3.8, 4) is 0 Å². The van der Waals surface area contributed by atoms with E-state index < -0.39 is 5.60 Å². The zero-order valence-electron chi connectivity index (χ0n) is 14.5. The number of nitrogens with one attached hydrogen (secondary N) is 2. The number of alkyl carbamates (subject to hydrolysis) is 1. The van der Waals surface area contributed by atoms with E-state index in [-0.39, 0.29) is 6.09 Å². The van der Waals surface area contributed by atoms with Crippen molar-refractivity contribution in [2.45, 2.75) is 77.5 Å². The Morgan fingerprint density at radius 3 is 2.55 bits per heavy atom. The molecule has 0 aromatic rings. The van der Waals surface area contributed by atoms with Crippen molar-refractivity contribution in [1.29, 1.82) is 0 Å². The van der Waals surface area contributed by atoms with Crippen LogP contribution in [0, 0.1) is 5.41 Å². The summed E-state index contributed by atoms with van der Waals surface area (Å²) in [7, 11) is 0. The summed E-state index contributed by atoms with van der Waals surface area (Å²) in [6.07, 6.45) is 6.11. The molecule has 1 spiro atoms. The summed E-state index contributed by atoms with van der Waals surface area (Å²) in [5, 5.41) is 6.45. The van der Waals surface area contributed by atoms with Gasteiger partial charge in [0, 0.05) is 24.6 Å². The largest absolute Gasteiger partial charge is 0.444 e. The third kappa shape index (κ3) is 4.13. The van der Waals surface area contributed by atoms with Crippen LogP contribution in [-0.2, 0) is 9.47 Å². The number of amides is 1. The maximum Gasteiger partial charge on any atom is 0.407 e. The van der Waals surface area contributed by atoms with Crippen molar-refractivity contribution in [2.75, 3.05) is 19.7 Å². The Labute approximate surface area is 134 Å².